The van der Waals surface area contributed by atoms with Crippen LogP contribution in [0.15, 0.2) is 44.3 Å². The normalized spacial score (nSPS) is 20.0. The van der Waals surface area contributed by atoms with Crippen LogP contribution in [-0.4, -0.2) is 43.8 Å². The van der Waals surface area contributed by atoms with Crippen molar-refractivity contribution in [3.05, 3.63) is 47.0 Å². The number of hydrogen-bond donors (Lipinski definition) is 1. The zero-order chi connectivity index (χ0) is 21.5. The summed E-state index contributed by atoms with van der Waals surface area (Å²) in [5.41, 5.74) is 1.46. The number of fused-ring (bicyclic) bond motifs is 1. The lowest BCUT2D eigenvalue weighted by atomic mass is 9.86. The molecule has 0 bridgehead atoms. The first-order valence-corrected chi connectivity index (χ1v) is 11.4. The standard InChI is InChI=1S/C20H22ClN3O5S/c1-24(2)30(26,27)18-10-9-17(28-18)19(25)22-14-6-3-12(4-7-14)20-23-15-11-13(21)5-8-16(15)29-20/h5,8-12,14H,3-4,6-7H2,1-2H3,(H,22,25). The maximum Gasteiger partial charge on any atom is 0.287 e. The maximum atomic E-state index is 12.5. The zero-order valence-electron chi connectivity index (χ0n) is 16.6. The minimum absolute atomic E-state index is 0.0200. The summed E-state index contributed by atoms with van der Waals surface area (Å²) < 4.78 is 36.4. The van der Waals surface area contributed by atoms with Gasteiger partial charge in [0.2, 0.25) is 5.09 Å². The van der Waals surface area contributed by atoms with E-state index in [1.807, 2.05) is 6.07 Å². The Bertz CT molecular complexity index is 1180. The summed E-state index contributed by atoms with van der Waals surface area (Å²) in [6.07, 6.45) is 3.17. The van der Waals surface area contributed by atoms with Crippen molar-refractivity contribution < 1.29 is 22.0 Å². The van der Waals surface area contributed by atoms with Gasteiger partial charge < -0.3 is 14.2 Å². The highest BCUT2D eigenvalue weighted by Crippen LogP contribution is 2.34. The minimum Gasteiger partial charge on any atom is -0.440 e. The molecule has 1 aromatic carbocycles. The van der Waals surface area contributed by atoms with Crippen LogP contribution in [0.2, 0.25) is 5.02 Å². The molecule has 0 aliphatic heterocycles. The van der Waals surface area contributed by atoms with Gasteiger partial charge in [-0.2, -0.15) is 0 Å². The van der Waals surface area contributed by atoms with E-state index in [1.54, 1.807) is 12.1 Å². The Morgan fingerprint density at radius 1 is 1.13 bits per heavy atom. The number of rotatable bonds is 5. The molecule has 30 heavy (non-hydrogen) atoms. The fraction of sp³-hybridized carbons (Fsp3) is 0.400. The topological polar surface area (TPSA) is 106 Å². The summed E-state index contributed by atoms with van der Waals surface area (Å²) in [4.78, 5) is 17.0. The monoisotopic (exact) mass is 451 g/mol. The predicted molar refractivity (Wildman–Crippen MR) is 111 cm³/mol. The Labute approximate surface area is 179 Å². The number of sulfonamides is 1. The van der Waals surface area contributed by atoms with Gasteiger partial charge in [-0.3, -0.25) is 4.79 Å². The summed E-state index contributed by atoms with van der Waals surface area (Å²) in [7, 11) is -0.905. The van der Waals surface area contributed by atoms with E-state index < -0.39 is 15.9 Å². The molecule has 1 saturated carbocycles. The SMILES string of the molecule is CN(C)S(=O)(=O)c1ccc(C(=O)NC2CCC(c3nc4cc(Cl)ccc4o3)CC2)o1. The van der Waals surface area contributed by atoms with E-state index >= 15 is 0 Å². The number of nitrogens with zero attached hydrogens (tertiary/aromatic N) is 2. The molecule has 8 nitrogen and oxygen atoms in total. The van der Waals surface area contributed by atoms with Crippen molar-refractivity contribution in [2.45, 2.75) is 42.7 Å². The summed E-state index contributed by atoms with van der Waals surface area (Å²) in [6, 6.07) is 8.01. The second kappa shape index (κ2) is 8.05. The third-order valence-electron chi connectivity index (χ3n) is 5.32. The molecule has 1 N–H and O–H groups in total. The number of halogens is 1. The predicted octanol–water partition coefficient (Wildman–Crippen LogP) is 3.78. The third-order valence-corrected chi connectivity index (χ3v) is 7.24. The molecule has 160 valence electrons. The lowest BCUT2D eigenvalue weighted by Crippen LogP contribution is -2.37. The van der Waals surface area contributed by atoms with E-state index in [2.05, 4.69) is 10.3 Å². The van der Waals surface area contributed by atoms with Crippen LogP contribution in [-0.2, 0) is 10.0 Å². The highest BCUT2D eigenvalue weighted by Gasteiger charge is 2.28. The number of amides is 1. The molecule has 0 atom stereocenters. The van der Waals surface area contributed by atoms with E-state index in [0.717, 1.165) is 35.5 Å². The molecule has 10 heteroatoms. The molecule has 3 aromatic rings. The first-order valence-electron chi connectivity index (χ1n) is 9.63. The maximum absolute atomic E-state index is 12.5. The number of aromatic nitrogens is 1. The molecule has 1 amide bonds. The van der Waals surface area contributed by atoms with Gasteiger partial charge in [0.25, 0.3) is 15.9 Å². The Morgan fingerprint density at radius 2 is 1.87 bits per heavy atom. The van der Waals surface area contributed by atoms with Crippen LogP contribution in [0.4, 0.5) is 0 Å². The van der Waals surface area contributed by atoms with Crippen molar-refractivity contribution in [2.75, 3.05) is 14.1 Å². The van der Waals surface area contributed by atoms with Gasteiger partial charge in [0, 0.05) is 31.1 Å². The number of oxazole rings is 1. The number of benzene rings is 1. The average molecular weight is 452 g/mol. The Hall–Kier alpha value is -2.36. The number of carbonyl (C=O) groups excluding carboxylic acids is 1. The number of carbonyl (C=O) groups is 1. The minimum atomic E-state index is -3.71. The lowest BCUT2D eigenvalue weighted by molar-refractivity contribution is 0.0891. The fourth-order valence-electron chi connectivity index (χ4n) is 3.60. The van der Waals surface area contributed by atoms with Gasteiger partial charge in [0.05, 0.1) is 0 Å². The Kier molecular flexibility index (Phi) is 5.61. The first kappa shape index (κ1) is 20.9. The van der Waals surface area contributed by atoms with E-state index in [-0.39, 0.29) is 22.8 Å². The van der Waals surface area contributed by atoms with Crippen molar-refractivity contribution in [1.82, 2.24) is 14.6 Å². The smallest absolute Gasteiger partial charge is 0.287 e. The van der Waals surface area contributed by atoms with Gasteiger partial charge in [-0.1, -0.05) is 11.6 Å². The van der Waals surface area contributed by atoms with E-state index in [0.29, 0.717) is 16.5 Å². The molecule has 1 fully saturated rings. The van der Waals surface area contributed by atoms with Crippen molar-refractivity contribution in [2.24, 2.45) is 0 Å². The highest BCUT2D eigenvalue weighted by molar-refractivity contribution is 7.88. The van der Waals surface area contributed by atoms with Crippen molar-refractivity contribution in [3.63, 3.8) is 0 Å². The van der Waals surface area contributed by atoms with Gasteiger partial charge in [-0.05, 0) is 56.0 Å². The quantitative estimate of drug-likeness (QED) is 0.632. The largest absolute Gasteiger partial charge is 0.440 e. The molecule has 0 radical (unpaired) electrons. The lowest BCUT2D eigenvalue weighted by Gasteiger charge is -2.27. The van der Waals surface area contributed by atoms with Gasteiger partial charge in [-0.25, -0.2) is 17.7 Å². The summed E-state index contributed by atoms with van der Waals surface area (Å²) in [6.45, 7) is 0. The second-order valence-electron chi connectivity index (χ2n) is 7.59. The van der Waals surface area contributed by atoms with Crippen LogP contribution in [0.5, 0.6) is 0 Å². The molecule has 0 unspecified atom stereocenters. The van der Waals surface area contributed by atoms with Crippen LogP contribution >= 0.6 is 11.6 Å². The van der Waals surface area contributed by atoms with Crippen LogP contribution in [0.1, 0.15) is 48.0 Å². The van der Waals surface area contributed by atoms with Crippen LogP contribution < -0.4 is 5.32 Å². The molecule has 1 aliphatic carbocycles. The van der Waals surface area contributed by atoms with Gasteiger partial charge >= 0.3 is 0 Å². The molecule has 2 aromatic heterocycles. The summed E-state index contributed by atoms with van der Waals surface area (Å²) in [5.74, 6) is 0.440. The summed E-state index contributed by atoms with van der Waals surface area (Å²) in [5, 5.41) is 3.29. The Balaban J connectivity index is 1.36. The number of furan rings is 1. The van der Waals surface area contributed by atoms with Crippen LogP contribution in [0.3, 0.4) is 0 Å². The summed E-state index contributed by atoms with van der Waals surface area (Å²) >= 11 is 6.01. The molecule has 0 spiro atoms. The average Bonchev–Trinajstić information content (AvgIpc) is 3.36. The van der Waals surface area contributed by atoms with Crippen molar-refractivity contribution >= 4 is 38.6 Å². The van der Waals surface area contributed by atoms with Crippen molar-refractivity contribution in [1.29, 1.82) is 0 Å². The van der Waals surface area contributed by atoms with Gasteiger partial charge in [-0.15, -0.1) is 0 Å². The molecular weight excluding hydrogens is 430 g/mol. The second-order valence-corrected chi connectivity index (χ2v) is 10.1. The van der Waals surface area contributed by atoms with Gasteiger partial charge in [0.15, 0.2) is 17.2 Å². The van der Waals surface area contributed by atoms with E-state index in [1.165, 1.54) is 26.2 Å². The molecule has 0 saturated heterocycles. The van der Waals surface area contributed by atoms with Crippen LogP contribution in [0.25, 0.3) is 11.1 Å². The van der Waals surface area contributed by atoms with Gasteiger partial charge in [0.1, 0.15) is 5.52 Å². The molecular formula is C20H22ClN3O5S. The van der Waals surface area contributed by atoms with Crippen LogP contribution in [0, 0.1) is 0 Å². The van der Waals surface area contributed by atoms with E-state index in [4.69, 9.17) is 20.4 Å². The molecule has 1 aliphatic rings. The highest BCUT2D eigenvalue weighted by atomic mass is 35.5. The Morgan fingerprint density at radius 3 is 2.57 bits per heavy atom. The van der Waals surface area contributed by atoms with Crippen molar-refractivity contribution in [3.8, 4) is 0 Å². The van der Waals surface area contributed by atoms with E-state index in [9.17, 15) is 13.2 Å². The first-order chi connectivity index (χ1) is 14.2. The molecule has 2 heterocycles. The number of hydrogen-bond acceptors (Lipinski definition) is 6. The fourth-order valence-corrected chi connectivity index (χ4v) is 4.56. The third kappa shape index (κ3) is 4.10. The number of nitrogens with one attached hydrogen (secondary N) is 1. The molecule has 4 rings (SSSR count). The zero-order valence-corrected chi connectivity index (χ0v) is 18.2.